The van der Waals surface area contributed by atoms with Gasteiger partial charge in [0.1, 0.15) is 0 Å². The van der Waals surface area contributed by atoms with Crippen molar-refractivity contribution in [2.24, 2.45) is 0 Å². The van der Waals surface area contributed by atoms with E-state index >= 15 is 0 Å². The summed E-state index contributed by atoms with van der Waals surface area (Å²) < 4.78 is 18.1. The van der Waals surface area contributed by atoms with Gasteiger partial charge >= 0.3 is 21.1 Å². The van der Waals surface area contributed by atoms with Crippen LogP contribution >= 0.6 is 0 Å². The zero-order valence-electron chi connectivity index (χ0n) is 11.0. The van der Waals surface area contributed by atoms with E-state index in [0.29, 0.717) is 0 Å². The second kappa shape index (κ2) is 7.31. The van der Waals surface area contributed by atoms with Crippen molar-refractivity contribution < 1.29 is 44.6 Å². The molecule has 0 radical (unpaired) electrons. The number of hydrogen-bond donors (Lipinski definition) is 1. The third-order valence-electron chi connectivity index (χ3n) is 2.76. The maximum absolute atomic E-state index is 13.2. The van der Waals surface area contributed by atoms with Crippen LogP contribution in [0.25, 0.3) is 5.32 Å². The van der Waals surface area contributed by atoms with E-state index in [2.05, 4.69) is 16.7 Å². The molecular formula is C13H11FN2O4W. The molecule has 0 spiro atoms. The minimum atomic E-state index is -0.942. The SMILES string of the molecule is COc1cc(F)[c-]c(C(=O)[N-]C2CCC(=O)NC2=O)c1.[W+2]. The molecule has 1 aromatic rings. The molecule has 1 atom stereocenters. The molecule has 1 aromatic carbocycles. The fourth-order valence-corrected chi connectivity index (χ4v) is 1.76. The van der Waals surface area contributed by atoms with E-state index in [0.717, 1.165) is 6.07 Å². The van der Waals surface area contributed by atoms with Crippen LogP contribution in [0.1, 0.15) is 23.2 Å². The maximum Gasteiger partial charge on any atom is 2.00 e. The number of amides is 3. The van der Waals surface area contributed by atoms with Gasteiger partial charge in [-0.3, -0.25) is 14.9 Å². The molecule has 1 heterocycles. The van der Waals surface area contributed by atoms with Gasteiger partial charge in [-0.1, -0.05) is 6.07 Å². The summed E-state index contributed by atoms with van der Waals surface area (Å²) in [5, 5.41) is 5.77. The Morgan fingerprint density at radius 3 is 2.81 bits per heavy atom. The normalized spacial score (nSPS) is 17.5. The number of piperidine rings is 1. The summed E-state index contributed by atoms with van der Waals surface area (Å²) in [5.41, 5.74) is -0.133. The van der Waals surface area contributed by atoms with Crippen molar-refractivity contribution in [1.29, 1.82) is 0 Å². The van der Waals surface area contributed by atoms with E-state index in [1.165, 1.54) is 13.2 Å². The maximum atomic E-state index is 13.2. The fraction of sp³-hybridized carbons (Fsp3) is 0.308. The Morgan fingerprint density at radius 2 is 2.19 bits per heavy atom. The molecule has 1 saturated heterocycles. The van der Waals surface area contributed by atoms with Crippen LogP contribution in [0.15, 0.2) is 12.1 Å². The van der Waals surface area contributed by atoms with Crippen LogP contribution in [-0.4, -0.2) is 30.9 Å². The summed E-state index contributed by atoms with van der Waals surface area (Å²) in [6, 6.07) is 3.62. The van der Waals surface area contributed by atoms with Gasteiger partial charge in [0.2, 0.25) is 11.8 Å². The molecule has 2 rings (SSSR count). The second-order valence-electron chi connectivity index (χ2n) is 4.18. The van der Waals surface area contributed by atoms with E-state index in [9.17, 15) is 18.8 Å². The number of carbonyl (C=O) groups excluding carboxylic acids is 3. The smallest absolute Gasteiger partial charge is 0.684 e. The van der Waals surface area contributed by atoms with Crippen LogP contribution in [0.4, 0.5) is 4.39 Å². The Morgan fingerprint density at radius 1 is 1.48 bits per heavy atom. The molecule has 21 heavy (non-hydrogen) atoms. The Labute approximate surface area is 134 Å². The van der Waals surface area contributed by atoms with E-state index in [1.807, 2.05) is 0 Å². The van der Waals surface area contributed by atoms with E-state index < -0.39 is 29.6 Å². The first kappa shape index (κ1) is 17.3. The average molecular weight is 462 g/mol. The van der Waals surface area contributed by atoms with Gasteiger partial charge < -0.3 is 14.8 Å². The van der Waals surface area contributed by atoms with Gasteiger partial charge in [-0.05, 0) is 18.4 Å². The zero-order chi connectivity index (χ0) is 14.7. The predicted molar refractivity (Wildman–Crippen MR) is 65.6 cm³/mol. The number of halogens is 1. The number of nitrogens with zero attached hydrogens (tertiary/aromatic N) is 1. The van der Waals surface area contributed by atoms with Crippen LogP contribution in [0.3, 0.4) is 0 Å². The van der Waals surface area contributed by atoms with Crippen LogP contribution in [0.2, 0.25) is 0 Å². The van der Waals surface area contributed by atoms with E-state index in [4.69, 9.17) is 4.74 Å². The van der Waals surface area contributed by atoms with Crippen molar-refractivity contribution >= 4 is 17.7 Å². The molecule has 3 amide bonds. The second-order valence-corrected chi connectivity index (χ2v) is 4.18. The molecule has 1 aliphatic rings. The van der Waals surface area contributed by atoms with Crippen molar-refractivity contribution in [2.45, 2.75) is 18.9 Å². The quantitative estimate of drug-likeness (QED) is 0.536. The van der Waals surface area contributed by atoms with Gasteiger partial charge in [0.25, 0.3) is 0 Å². The molecule has 1 fully saturated rings. The molecule has 0 bridgehead atoms. The molecule has 0 aromatic heterocycles. The number of carbonyl (C=O) groups is 3. The van der Waals surface area contributed by atoms with Crippen LogP contribution in [0.5, 0.6) is 5.75 Å². The van der Waals surface area contributed by atoms with Gasteiger partial charge in [-0.25, -0.2) is 4.39 Å². The number of nitrogens with one attached hydrogen (secondary N) is 1. The molecular weight excluding hydrogens is 451 g/mol. The summed E-state index contributed by atoms with van der Waals surface area (Å²) in [6.07, 6.45) is 0.270. The molecule has 0 aliphatic carbocycles. The average Bonchev–Trinajstić information content (AvgIpc) is 2.41. The molecule has 0 saturated carbocycles. The Balaban J connectivity index is 0.00000220. The van der Waals surface area contributed by atoms with Crippen molar-refractivity contribution in [3.63, 3.8) is 0 Å². The van der Waals surface area contributed by atoms with Crippen LogP contribution in [-0.2, 0) is 30.7 Å². The molecule has 6 nitrogen and oxygen atoms in total. The zero-order valence-corrected chi connectivity index (χ0v) is 13.9. The van der Waals surface area contributed by atoms with Crippen LogP contribution in [0, 0.1) is 11.9 Å². The molecule has 1 aliphatic heterocycles. The largest absolute Gasteiger partial charge is 2.00 e. The van der Waals surface area contributed by atoms with Crippen molar-refractivity contribution in [2.75, 3.05) is 7.11 Å². The van der Waals surface area contributed by atoms with E-state index in [-0.39, 0.29) is 45.2 Å². The summed E-state index contributed by atoms with van der Waals surface area (Å²) in [5.74, 6) is -2.41. The van der Waals surface area contributed by atoms with Gasteiger partial charge in [0.15, 0.2) is 0 Å². The number of rotatable bonds is 3. The van der Waals surface area contributed by atoms with Gasteiger partial charge in [-0.2, -0.15) is 0 Å². The summed E-state index contributed by atoms with van der Waals surface area (Å²) in [4.78, 5) is 34.3. The van der Waals surface area contributed by atoms with Crippen molar-refractivity contribution in [1.82, 2.24) is 5.32 Å². The molecule has 110 valence electrons. The van der Waals surface area contributed by atoms with Gasteiger partial charge in [0, 0.05) is 18.0 Å². The third-order valence-corrected chi connectivity index (χ3v) is 2.76. The first-order valence-electron chi connectivity index (χ1n) is 5.85. The molecule has 1 unspecified atom stereocenters. The monoisotopic (exact) mass is 462 g/mol. The van der Waals surface area contributed by atoms with Crippen LogP contribution < -0.4 is 10.1 Å². The fourth-order valence-electron chi connectivity index (χ4n) is 1.76. The number of hydrogen-bond acceptors (Lipinski definition) is 4. The Kier molecular flexibility index (Phi) is 6.02. The summed E-state index contributed by atoms with van der Waals surface area (Å²) in [6.45, 7) is 0. The standard InChI is InChI=1S/C13H12FN2O4.W/c1-20-9-5-7(4-8(14)6-9)12(18)15-10-2-3-11(17)16-13(10)19;/h5-6,10H,2-3H2,1H3,(H2,15,16,17,18,19);/q-1;+2/p-1. The first-order valence-corrected chi connectivity index (χ1v) is 5.85. The Hall–Kier alpha value is -1.75. The predicted octanol–water partition coefficient (Wildman–Crippen LogP) is 0.951. The third kappa shape index (κ3) is 4.36. The Bertz CT molecular complexity index is 579. The summed E-state index contributed by atoms with van der Waals surface area (Å²) >= 11 is 0. The van der Waals surface area contributed by atoms with Gasteiger partial charge in [0.05, 0.1) is 7.11 Å². The number of methoxy groups -OCH3 is 1. The number of benzene rings is 1. The molecule has 8 heteroatoms. The topological polar surface area (TPSA) is 86.6 Å². The van der Waals surface area contributed by atoms with Crippen molar-refractivity contribution in [3.8, 4) is 5.75 Å². The minimum absolute atomic E-state index is 0. The van der Waals surface area contributed by atoms with E-state index in [1.54, 1.807) is 0 Å². The number of imide groups is 1. The number of ether oxygens (including phenoxy) is 1. The van der Waals surface area contributed by atoms with Gasteiger partial charge in [-0.15, -0.1) is 17.7 Å². The van der Waals surface area contributed by atoms with Crippen molar-refractivity contribution in [3.05, 3.63) is 34.9 Å². The molecule has 1 N–H and O–H groups in total. The first-order chi connectivity index (χ1) is 9.49. The summed E-state index contributed by atoms with van der Waals surface area (Å²) in [7, 11) is 1.33. The minimum Gasteiger partial charge on any atom is -0.684 e.